The monoisotopic (exact) mass is 359 g/mol. The summed E-state index contributed by atoms with van der Waals surface area (Å²) in [5.41, 5.74) is 3.88. The normalized spacial score (nSPS) is 11.1. The van der Waals surface area contributed by atoms with Crippen molar-refractivity contribution in [3.05, 3.63) is 89.6 Å². The number of anilines is 2. The topological polar surface area (TPSA) is 54.0 Å². The van der Waals surface area contributed by atoms with E-state index in [0.29, 0.717) is 17.9 Å². The van der Waals surface area contributed by atoms with Gasteiger partial charge in [-0.15, -0.1) is 0 Å². The smallest absolute Gasteiger partial charge is 0.253 e. The third-order valence-corrected chi connectivity index (χ3v) is 4.32. The fraction of sp³-hybridized carbons (Fsp3) is 0.217. The average molecular weight is 359 g/mol. The molecule has 2 aromatic carbocycles. The molecule has 0 saturated carbocycles. The molecule has 3 aromatic rings. The van der Waals surface area contributed by atoms with Crippen molar-refractivity contribution in [2.75, 3.05) is 5.32 Å². The lowest BCUT2D eigenvalue weighted by atomic mass is 9.86. The van der Waals surface area contributed by atoms with Crippen LogP contribution in [0.5, 0.6) is 0 Å². The predicted molar refractivity (Wildman–Crippen MR) is 110 cm³/mol. The second-order valence-electron chi connectivity index (χ2n) is 7.52. The number of hydrogen-bond acceptors (Lipinski definition) is 3. The molecule has 1 amide bonds. The number of rotatable bonds is 5. The highest BCUT2D eigenvalue weighted by molar-refractivity contribution is 5.94. The number of pyridine rings is 1. The van der Waals surface area contributed by atoms with Gasteiger partial charge < -0.3 is 10.6 Å². The van der Waals surface area contributed by atoms with Crippen molar-refractivity contribution in [2.45, 2.75) is 32.7 Å². The zero-order valence-corrected chi connectivity index (χ0v) is 16.0. The Morgan fingerprint density at radius 3 is 2.30 bits per heavy atom. The number of carbonyl (C=O) groups is 1. The average Bonchev–Trinajstić information content (AvgIpc) is 2.67. The van der Waals surface area contributed by atoms with Gasteiger partial charge in [-0.1, -0.05) is 69.3 Å². The molecule has 3 rings (SSSR count). The third kappa shape index (κ3) is 4.94. The fourth-order valence-electron chi connectivity index (χ4n) is 2.87. The van der Waals surface area contributed by atoms with E-state index >= 15 is 0 Å². The second-order valence-corrected chi connectivity index (χ2v) is 7.52. The molecular formula is C23H25N3O. The molecule has 0 atom stereocenters. The van der Waals surface area contributed by atoms with Crippen LogP contribution in [0.2, 0.25) is 0 Å². The van der Waals surface area contributed by atoms with Crippen molar-refractivity contribution >= 4 is 17.4 Å². The van der Waals surface area contributed by atoms with E-state index in [0.717, 1.165) is 11.3 Å². The van der Waals surface area contributed by atoms with Gasteiger partial charge in [0.15, 0.2) is 0 Å². The SMILES string of the molecule is CC(C)(C)c1ccccc1Nc1ccc(C(=O)NCc2ccccc2)cn1. The van der Waals surface area contributed by atoms with E-state index < -0.39 is 0 Å². The van der Waals surface area contributed by atoms with Gasteiger partial charge in [-0.25, -0.2) is 4.98 Å². The largest absolute Gasteiger partial charge is 0.348 e. The van der Waals surface area contributed by atoms with Gasteiger partial charge in [0.2, 0.25) is 0 Å². The van der Waals surface area contributed by atoms with Crippen molar-refractivity contribution in [2.24, 2.45) is 0 Å². The van der Waals surface area contributed by atoms with Crippen molar-refractivity contribution in [1.82, 2.24) is 10.3 Å². The Kier molecular flexibility index (Phi) is 5.55. The number of para-hydroxylation sites is 1. The molecule has 138 valence electrons. The summed E-state index contributed by atoms with van der Waals surface area (Å²) in [4.78, 5) is 16.7. The van der Waals surface area contributed by atoms with Gasteiger partial charge >= 0.3 is 0 Å². The lowest BCUT2D eigenvalue weighted by Crippen LogP contribution is -2.22. The van der Waals surface area contributed by atoms with E-state index in [1.807, 2.05) is 54.6 Å². The van der Waals surface area contributed by atoms with Gasteiger partial charge in [0.1, 0.15) is 5.82 Å². The Bertz CT molecular complexity index is 897. The first-order valence-corrected chi connectivity index (χ1v) is 9.08. The van der Waals surface area contributed by atoms with Crippen LogP contribution in [-0.2, 0) is 12.0 Å². The summed E-state index contributed by atoms with van der Waals surface area (Å²) in [6, 6.07) is 21.7. The number of aromatic nitrogens is 1. The maximum atomic E-state index is 12.3. The van der Waals surface area contributed by atoms with Gasteiger partial charge in [-0.3, -0.25) is 4.79 Å². The van der Waals surface area contributed by atoms with E-state index in [9.17, 15) is 4.79 Å². The highest BCUT2D eigenvalue weighted by Crippen LogP contribution is 2.30. The molecule has 0 unspecified atom stereocenters. The van der Waals surface area contributed by atoms with Crippen LogP contribution in [-0.4, -0.2) is 10.9 Å². The summed E-state index contributed by atoms with van der Waals surface area (Å²) in [6.45, 7) is 7.04. The van der Waals surface area contributed by atoms with E-state index in [-0.39, 0.29) is 11.3 Å². The van der Waals surface area contributed by atoms with Crippen molar-refractivity contribution in [3.8, 4) is 0 Å². The van der Waals surface area contributed by atoms with Crippen LogP contribution in [0.3, 0.4) is 0 Å². The molecule has 1 heterocycles. The van der Waals surface area contributed by atoms with Crippen LogP contribution in [0, 0.1) is 0 Å². The zero-order valence-electron chi connectivity index (χ0n) is 16.0. The number of nitrogens with zero attached hydrogens (tertiary/aromatic N) is 1. The van der Waals surface area contributed by atoms with Crippen LogP contribution in [0.1, 0.15) is 42.3 Å². The van der Waals surface area contributed by atoms with Crippen LogP contribution >= 0.6 is 0 Å². The van der Waals surface area contributed by atoms with Gasteiger partial charge in [0.05, 0.1) is 5.56 Å². The number of amides is 1. The summed E-state index contributed by atoms with van der Waals surface area (Å²) >= 11 is 0. The van der Waals surface area contributed by atoms with Gasteiger partial charge in [-0.05, 0) is 34.7 Å². The summed E-state index contributed by atoms with van der Waals surface area (Å²) in [6.07, 6.45) is 1.60. The van der Waals surface area contributed by atoms with Crippen LogP contribution in [0.4, 0.5) is 11.5 Å². The predicted octanol–water partition coefficient (Wildman–Crippen LogP) is 5.05. The fourth-order valence-corrected chi connectivity index (χ4v) is 2.87. The molecule has 1 aromatic heterocycles. The highest BCUT2D eigenvalue weighted by atomic mass is 16.1. The quantitative estimate of drug-likeness (QED) is 0.670. The first kappa shape index (κ1) is 18.6. The maximum Gasteiger partial charge on any atom is 0.253 e. The molecule has 0 bridgehead atoms. The number of benzene rings is 2. The van der Waals surface area contributed by atoms with Gasteiger partial charge in [0, 0.05) is 18.4 Å². The molecule has 0 aliphatic heterocycles. The summed E-state index contributed by atoms with van der Waals surface area (Å²) < 4.78 is 0. The molecule has 27 heavy (non-hydrogen) atoms. The molecule has 0 radical (unpaired) electrons. The second kappa shape index (κ2) is 8.04. The van der Waals surface area contributed by atoms with Crippen molar-refractivity contribution in [3.63, 3.8) is 0 Å². The van der Waals surface area contributed by atoms with Gasteiger partial charge in [0.25, 0.3) is 5.91 Å². The molecule has 0 saturated heterocycles. The molecule has 4 heteroatoms. The first-order chi connectivity index (χ1) is 12.9. The highest BCUT2D eigenvalue weighted by Gasteiger charge is 2.17. The molecule has 0 aliphatic carbocycles. The minimum absolute atomic E-state index is 0.0286. The Balaban J connectivity index is 1.66. The minimum Gasteiger partial charge on any atom is -0.348 e. The Morgan fingerprint density at radius 2 is 1.63 bits per heavy atom. The maximum absolute atomic E-state index is 12.3. The standard InChI is InChI=1S/C23H25N3O/c1-23(2,3)19-11-7-8-12-20(19)26-21-14-13-18(16-24-21)22(27)25-15-17-9-5-4-6-10-17/h4-14,16H,15H2,1-3H3,(H,24,26)(H,25,27). The number of carbonyl (C=O) groups excluding carboxylic acids is 1. The summed E-state index contributed by atoms with van der Waals surface area (Å²) in [5.74, 6) is 0.583. The van der Waals surface area contributed by atoms with Crippen LogP contribution in [0.25, 0.3) is 0 Å². The summed E-state index contributed by atoms with van der Waals surface area (Å²) in [5, 5.41) is 6.27. The number of hydrogen-bond donors (Lipinski definition) is 2. The molecule has 0 fully saturated rings. The van der Waals surface area contributed by atoms with Crippen LogP contribution < -0.4 is 10.6 Å². The Labute approximate surface area is 160 Å². The zero-order chi connectivity index (χ0) is 19.3. The van der Waals surface area contributed by atoms with Crippen molar-refractivity contribution < 1.29 is 4.79 Å². The third-order valence-electron chi connectivity index (χ3n) is 4.32. The van der Waals surface area contributed by atoms with E-state index in [1.165, 1.54) is 5.56 Å². The Hall–Kier alpha value is -3.14. The molecular weight excluding hydrogens is 334 g/mol. The molecule has 2 N–H and O–H groups in total. The Morgan fingerprint density at radius 1 is 0.926 bits per heavy atom. The molecule has 0 aliphatic rings. The van der Waals surface area contributed by atoms with E-state index in [1.54, 1.807) is 12.3 Å². The number of nitrogens with one attached hydrogen (secondary N) is 2. The van der Waals surface area contributed by atoms with Crippen LogP contribution in [0.15, 0.2) is 72.9 Å². The van der Waals surface area contributed by atoms with Gasteiger partial charge in [-0.2, -0.15) is 0 Å². The summed E-state index contributed by atoms with van der Waals surface area (Å²) in [7, 11) is 0. The first-order valence-electron chi connectivity index (χ1n) is 9.08. The van der Waals surface area contributed by atoms with E-state index in [2.05, 4.69) is 42.5 Å². The molecule has 4 nitrogen and oxygen atoms in total. The lowest BCUT2D eigenvalue weighted by Gasteiger charge is -2.23. The molecule has 0 spiro atoms. The lowest BCUT2D eigenvalue weighted by molar-refractivity contribution is 0.0950. The van der Waals surface area contributed by atoms with Crippen molar-refractivity contribution in [1.29, 1.82) is 0 Å². The minimum atomic E-state index is -0.131. The van der Waals surface area contributed by atoms with E-state index in [4.69, 9.17) is 0 Å².